The van der Waals surface area contributed by atoms with Gasteiger partial charge in [-0.1, -0.05) is 45.0 Å². The quantitative estimate of drug-likeness (QED) is 0.724. The fourth-order valence-corrected chi connectivity index (χ4v) is 1.53. The van der Waals surface area contributed by atoms with Crippen molar-refractivity contribution < 1.29 is 10.2 Å². The van der Waals surface area contributed by atoms with E-state index in [0.29, 0.717) is 0 Å². The monoisotopic (exact) mass is 223 g/mol. The van der Waals surface area contributed by atoms with Crippen LogP contribution in [0.5, 0.6) is 0 Å². The van der Waals surface area contributed by atoms with E-state index in [4.69, 9.17) is 10.8 Å². The number of benzene rings is 1. The van der Waals surface area contributed by atoms with E-state index in [1.54, 1.807) is 0 Å². The molecule has 0 heterocycles. The van der Waals surface area contributed by atoms with Crippen molar-refractivity contribution in [2.45, 2.75) is 38.3 Å². The van der Waals surface area contributed by atoms with Gasteiger partial charge in [-0.2, -0.15) is 0 Å². The third-order valence-corrected chi connectivity index (χ3v) is 2.73. The molecule has 0 aliphatic carbocycles. The molecule has 0 bridgehead atoms. The van der Waals surface area contributed by atoms with Crippen LogP contribution in [-0.4, -0.2) is 22.9 Å². The summed E-state index contributed by atoms with van der Waals surface area (Å²) in [5.41, 5.74) is 7.63. The normalized spacial score (nSPS) is 15.9. The highest BCUT2D eigenvalue weighted by Crippen LogP contribution is 2.24. The molecule has 0 fully saturated rings. The number of hydrogen-bond acceptors (Lipinski definition) is 3. The summed E-state index contributed by atoms with van der Waals surface area (Å²) in [5.74, 6) is 0. The highest BCUT2D eigenvalue weighted by atomic mass is 16.3. The lowest BCUT2D eigenvalue weighted by atomic mass is 9.86. The molecule has 0 saturated heterocycles. The first-order valence-electron chi connectivity index (χ1n) is 5.51. The topological polar surface area (TPSA) is 66.5 Å². The molecule has 3 nitrogen and oxygen atoms in total. The number of nitrogens with two attached hydrogens (primary N) is 1. The van der Waals surface area contributed by atoms with Crippen LogP contribution in [0.15, 0.2) is 24.3 Å². The Morgan fingerprint density at radius 1 is 1.19 bits per heavy atom. The van der Waals surface area contributed by atoms with Crippen LogP contribution in [0, 0.1) is 0 Å². The van der Waals surface area contributed by atoms with E-state index in [2.05, 4.69) is 20.8 Å². The Hall–Kier alpha value is -0.900. The maximum atomic E-state index is 9.80. The maximum absolute atomic E-state index is 9.80. The molecule has 1 aromatic rings. The van der Waals surface area contributed by atoms with Crippen molar-refractivity contribution >= 4 is 0 Å². The van der Waals surface area contributed by atoms with Crippen LogP contribution in [0.3, 0.4) is 0 Å². The van der Waals surface area contributed by atoms with Crippen LogP contribution in [0.2, 0.25) is 0 Å². The molecule has 0 aliphatic heterocycles. The van der Waals surface area contributed by atoms with Gasteiger partial charge in [-0.25, -0.2) is 0 Å². The SMILES string of the molecule is CC(C)(C)c1ccc(C(O)C(N)CO)cc1. The van der Waals surface area contributed by atoms with Crippen molar-refractivity contribution in [2.24, 2.45) is 5.73 Å². The van der Waals surface area contributed by atoms with Crippen LogP contribution in [0.25, 0.3) is 0 Å². The highest BCUT2D eigenvalue weighted by Gasteiger charge is 2.17. The molecule has 90 valence electrons. The largest absolute Gasteiger partial charge is 0.395 e. The summed E-state index contributed by atoms with van der Waals surface area (Å²) in [6.45, 7) is 6.19. The predicted molar refractivity (Wildman–Crippen MR) is 65.2 cm³/mol. The zero-order valence-electron chi connectivity index (χ0n) is 10.1. The Balaban J connectivity index is 2.87. The van der Waals surface area contributed by atoms with E-state index in [-0.39, 0.29) is 12.0 Å². The summed E-state index contributed by atoms with van der Waals surface area (Å²) in [6.07, 6.45) is -0.806. The van der Waals surface area contributed by atoms with Gasteiger partial charge in [0, 0.05) is 0 Å². The molecule has 1 aromatic carbocycles. The van der Waals surface area contributed by atoms with Gasteiger partial charge in [0.15, 0.2) is 0 Å². The van der Waals surface area contributed by atoms with Gasteiger partial charge in [0.1, 0.15) is 0 Å². The Morgan fingerprint density at radius 3 is 2.06 bits per heavy atom. The summed E-state index contributed by atoms with van der Waals surface area (Å²) in [4.78, 5) is 0. The lowest BCUT2D eigenvalue weighted by Crippen LogP contribution is -2.31. The number of rotatable bonds is 3. The van der Waals surface area contributed by atoms with Gasteiger partial charge in [0.05, 0.1) is 18.8 Å². The number of aliphatic hydroxyl groups excluding tert-OH is 2. The average molecular weight is 223 g/mol. The van der Waals surface area contributed by atoms with Crippen molar-refractivity contribution in [3.05, 3.63) is 35.4 Å². The molecule has 0 aliphatic rings. The Kier molecular flexibility index (Phi) is 4.08. The standard InChI is InChI=1S/C13H21NO2/c1-13(2,3)10-6-4-9(5-7-10)12(16)11(14)8-15/h4-7,11-12,15-16H,8,14H2,1-3H3. The smallest absolute Gasteiger partial charge is 0.0963 e. The highest BCUT2D eigenvalue weighted by molar-refractivity contribution is 5.29. The first kappa shape index (κ1) is 13.2. The minimum absolute atomic E-state index is 0.0998. The van der Waals surface area contributed by atoms with E-state index in [9.17, 15) is 5.11 Å². The summed E-state index contributed by atoms with van der Waals surface area (Å²) in [6, 6.07) is 7.08. The molecule has 0 spiro atoms. The molecule has 0 saturated carbocycles. The summed E-state index contributed by atoms with van der Waals surface area (Å²) in [7, 11) is 0. The summed E-state index contributed by atoms with van der Waals surface area (Å²) in [5, 5.41) is 18.7. The third kappa shape index (κ3) is 3.04. The van der Waals surface area contributed by atoms with Crippen LogP contribution in [0.4, 0.5) is 0 Å². The third-order valence-electron chi connectivity index (χ3n) is 2.73. The van der Waals surface area contributed by atoms with E-state index >= 15 is 0 Å². The summed E-state index contributed by atoms with van der Waals surface area (Å²) >= 11 is 0. The lowest BCUT2D eigenvalue weighted by Gasteiger charge is -2.21. The van der Waals surface area contributed by atoms with Gasteiger partial charge in [0.2, 0.25) is 0 Å². The number of hydrogen-bond donors (Lipinski definition) is 3. The van der Waals surface area contributed by atoms with Crippen molar-refractivity contribution in [3.8, 4) is 0 Å². The van der Waals surface area contributed by atoms with E-state index in [1.165, 1.54) is 5.56 Å². The van der Waals surface area contributed by atoms with E-state index in [1.807, 2.05) is 24.3 Å². The van der Waals surface area contributed by atoms with E-state index < -0.39 is 12.1 Å². The molecule has 0 radical (unpaired) electrons. The molecule has 2 atom stereocenters. The van der Waals surface area contributed by atoms with Crippen LogP contribution >= 0.6 is 0 Å². The summed E-state index contributed by atoms with van der Waals surface area (Å²) < 4.78 is 0. The molecular formula is C13H21NO2. The van der Waals surface area contributed by atoms with Gasteiger partial charge in [-0.05, 0) is 16.5 Å². The molecule has 0 aromatic heterocycles. The van der Waals surface area contributed by atoms with Crippen molar-refractivity contribution in [3.63, 3.8) is 0 Å². The second-order valence-corrected chi connectivity index (χ2v) is 5.16. The number of aliphatic hydroxyl groups is 2. The molecule has 16 heavy (non-hydrogen) atoms. The van der Waals surface area contributed by atoms with Crippen molar-refractivity contribution in [1.29, 1.82) is 0 Å². The lowest BCUT2D eigenvalue weighted by molar-refractivity contribution is 0.109. The molecule has 2 unspecified atom stereocenters. The Bertz CT molecular complexity index is 327. The Labute approximate surface area is 96.9 Å². The second kappa shape index (κ2) is 4.95. The van der Waals surface area contributed by atoms with Gasteiger partial charge >= 0.3 is 0 Å². The van der Waals surface area contributed by atoms with Gasteiger partial charge in [-0.3, -0.25) is 0 Å². The van der Waals surface area contributed by atoms with Crippen molar-refractivity contribution in [1.82, 2.24) is 0 Å². The molecular weight excluding hydrogens is 202 g/mol. The van der Waals surface area contributed by atoms with Crippen LogP contribution in [0.1, 0.15) is 38.0 Å². The fraction of sp³-hybridized carbons (Fsp3) is 0.538. The van der Waals surface area contributed by atoms with Gasteiger partial charge < -0.3 is 15.9 Å². The van der Waals surface area contributed by atoms with Crippen molar-refractivity contribution in [2.75, 3.05) is 6.61 Å². The zero-order valence-corrected chi connectivity index (χ0v) is 10.1. The first-order valence-corrected chi connectivity index (χ1v) is 5.51. The fourth-order valence-electron chi connectivity index (χ4n) is 1.53. The molecule has 4 N–H and O–H groups in total. The van der Waals surface area contributed by atoms with Gasteiger partial charge in [0.25, 0.3) is 0 Å². The maximum Gasteiger partial charge on any atom is 0.0963 e. The average Bonchev–Trinajstić information content (AvgIpc) is 2.26. The second-order valence-electron chi connectivity index (χ2n) is 5.16. The zero-order chi connectivity index (χ0) is 12.3. The Morgan fingerprint density at radius 2 is 1.69 bits per heavy atom. The minimum atomic E-state index is -0.806. The van der Waals surface area contributed by atoms with Crippen LogP contribution in [-0.2, 0) is 5.41 Å². The van der Waals surface area contributed by atoms with Crippen LogP contribution < -0.4 is 5.73 Å². The minimum Gasteiger partial charge on any atom is -0.395 e. The van der Waals surface area contributed by atoms with E-state index in [0.717, 1.165) is 5.56 Å². The molecule has 1 rings (SSSR count). The first-order chi connectivity index (χ1) is 7.36. The van der Waals surface area contributed by atoms with Gasteiger partial charge in [-0.15, -0.1) is 0 Å². The molecule has 0 amide bonds. The predicted octanol–water partition coefficient (Wildman–Crippen LogP) is 1.34. The molecule has 3 heteroatoms.